The van der Waals surface area contributed by atoms with Crippen LogP contribution in [-0.4, -0.2) is 38.2 Å². The average Bonchev–Trinajstić information content (AvgIpc) is 3.00. The fourth-order valence-electron chi connectivity index (χ4n) is 5.06. The number of nitrogens with zero attached hydrogens (tertiary/aromatic N) is 4. The highest BCUT2D eigenvalue weighted by atomic mass is 19.1. The molecule has 166 valence electrons. The minimum absolute atomic E-state index is 0.0369. The molecule has 1 saturated heterocycles. The van der Waals surface area contributed by atoms with Gasteiger partial charge in [0.25, 0.3) is 5.91 Å². The van der Waals surface area contributed by atoms with E-state index in [0.29, 0.717) is 31.7 Å². The number of fused-ring (bicyclic) bond motifs is 1. The molecule has 3 heterocycles. The van der Waals surface area contributed by atoms with Gasteiger partial charge in [-0.15, -0.1) is 0 Å². The van der Waals surface area contributed by atoms with Crippen molar-refractivity contribution in [1.29, 1.82) is 0 Å². The second kappa shape index (κ2) is 8.37. The average molecular weight is 435 g/mol. The first kappa shape index (κ1) is 20.7. The maximum Gasteiger partial charge on any atom is 0.346 e. The molecule has 0 aliphatic carbocycles. The molecule has 32 heavy (non-hydrogen) atoms. The summed E-state index contributed by atoms with van der Waals surface area (Å²) in [6.45, 7) is 2.55. The predicted octanol–water partition coefficient (Wildman–Crippen LogP) is 3.49. The summed E-state index contributed by atoms with van der Waals surface area (Å²) in [7, 11) is 0. The highest BCUT2D eigenvalue weighted by Gasteiger charge is 2.38. The molecule has 0 atom stereocenters. The van der Waals surface area contributed by atoms with Gasteiger partial charge in [0.1, 0.15) is 11.6 Å². The zero-order valence-corrected chi connectivity index (χ0v) is 18.0. The van der Waals surface area contributed by atoms with E-state index in [0.717, 1.165) is 43.5 Å². The van der Waals surface area contributed by atoms with Crippen LogP contribution >= 0.6 is 0 Å². The first-order valence-corrected chi connectivity index (χ1v) is 11.3. The smallest absolute Gasteiger partial charge is 0.339 e. The number of rotatable bonds is 3. The minimum atomic E-state index is -0.335. The third-order valence-electron chi connectivity index (χ3n) is 7.12. The van der Waals surface area contributed by atoms with Crippen LogP contribution in [0.5, 0.6) is 0 Å². The lowest BCUT2D eigenvalue weighted by molar-refractivity contribution is 0.0535. The Balaban J connectivity index is 1.24. The standard InChI is InChI=1S/C25H27FN4O2/c26-21-8-6-20(7-9-21)23(31)28-15-12-25(13-16-28)11-10-22-27-30(24(32)29(22)17-14-25)18-19-4-2-1-3-5-19/h1-9H,10-18H2. The highest BCUT2D eigenvalue weighted by molar-refractivity contribution is 5.94. The van der Waals surface area contributed by atoms with E-state index in [-0.39, 0.29) is 22.8 Å². The van der Waals surface area contributed by atoms with Crippen LogP contribution < -0.4 is 5.69 Å². The van der Waals surface area contributed by atoms with Crippen molar-refractivity contribution in [1.82, 2.24) is 19.2 Å². The molecule has 2 aliphatic rings. The third-order valence-corrected chi connectivity index (χ3v) is 7.12. The van der Waals surface area contributed by atoms with Crippen LogP contribution in [0.4, 0.5) is 4.39 Å². The SMILES string of the molecule is O=C(c1ccc(F)cc1)N1CCC2(CCc3nn(Cc4ccccc4)c(=O)n3CC2)CC1. The molecule has 2 aliphatic heterocycles. The summed E-state index contributed by atoms with van der Waals surface area (Å²) in [6.07, 6.45) is 4.53. The first-order chi connectivity index (χ1) is 15.5. The van der Waals surface area contributed by atoms with E-state index >= 15 is 0 Å². The quantitative estimate of drug-likeness (QED) is 0.634. The molecule has 3 aromatic rings. The van der Waals surface area contributed by atoms with Gasteiger partial charge >= 0.3 is 5.69 Å². The van der Waals surface area contributed by atoms with E-state index in [1.807, 2.05) is 39.8 Å². The molecule has 0 N–H and O–H groups in total. The van der Waals surface area contributed by atoms with Crippen LogP contribution in [0.1, 0.15) is 47.4 Å². The number of hydrogen-bond donors (Lipinski definition) is 0. The number of piperidine rings is 1. The first-order valence-electron chi connectivity index (χ1n) is 11.3. The molecule has 1 spiro atoms. The van der Waals surface area contributed by atoms with Crippen LogP contribution in [-0.2, 0) is 19.5 Å². The van der Waals surface area contributed by atoms with Crippen LogP contribution in [0.3, 0.4) is 0 Å². The molecule has 2 aromatic carbocycles. The monoisotopic (exact) mass is 434 g/mol. The van der Waals surface area contributed by atoms with Crippen LogP contribution in [0, 0.1) is 11.2 Å². The fourth-order valence-corrected chi connectivity index (χ4v) is 5.06. The Morgan fingerprint density at radius 2 is 1.62 bits per heavy atom. The molecule has 1 aromatic heterocycles. The summed E-state index contributed by atoms with van der Waals surface area (Å²) in [5, 5.41) is 4.65. The Hall–Kier alpha value is -3.22. The summed E-state index contributed by atoms with van der Waals surface area (Å²) < 4.78 is 16.6. The molecule has 0 bridgehead atoms. The van der Waals surface area contributed by atoms with Crippen molar-refractivity contribution < 1.29 is 9.18 Å². The lowest BCUT2D eigenvalue weighted by atomic mass is 9.72. The molecule has 6 nitrogen and oxygen atoms in total. The fraction of sp³-hybridized carbons (Fsp3) is 0.400. The second-order valence-corrected chi connectivity index (χ2v) is 9.04. The Morgan fingerprint density at radius 1 is 0.938 bits per heavy atom. The number of benzene rings is 2. The van der Waals surface area contributed by atoms with Gasteiger partial charge in [-0.05, 0) is 60.9 Å². The topological polar surface area (TPSA) is 60.1 Å². The molecule has 0 radical (unpaired) electrons. The van der Waals surface area contributed by atoms with E-state index in [9.17, 15) is 14.0 Å². The van der Waals surface area contributed by atoms with Crippen LogP contribution in [0.2, 0.25) is 0 Å². The van der Waals surface area contributed by atoms with E-state index in [2.05, 4.69) is 5.10 Å². The van der Waals surface area contributed by atoms with Gasteiger partial charge in [-0.1, -0.05) is 30.3 Å². The number of likely N-dealkylation sites (tertiary alicyclic amines) is 1. The van der Waals surface area contributed by atoms with Crippen molar-refractivity contribution in [3.8, 4) is 0 Å². The summed E-state index contributed by atoms with van der Waals surface area (Å²) in [5.41, 5.74) is 1.70. The van der Waals surface area contributed by atoms with E-state index < -0.39 is 0 Å². The number of carbonyl (C=O) groups excluding carboxylic acids is 1. The maximum absolute atomic E-state index is 13.2. The Labute approximate surface area is 186 Å². The number of aryl methyl sites for hydroxylation is 1. The lowest BCUT2D eigenvalue weighted by Gasteiger charge is -2.41. The van der Waals surface area contributed by atoms with Crippen molar-refractivity contribution in [2.24, 2.45) is 5.41 Å². The highest BCUT2D eigenvalue weighted by Crippen LogP contribution is 2.41. The van der Waals surface area contributed by atoms with Crippen molar-refractivity contribution in [2.45, 2.75) is 45.2 Å². The molecule has 0 saturated carbocycles. The van der Waals surface area contributed by atoms with Crippen molar-refractivity contribution in [3.63, 3.8) is 0 Å². The third kappa shape index (κ3) is 3.99. The van der Waals surface area contributed by atoms with Gasteiger partial charge in [-0.3, -0.25) is 9.36 Å². The second-order valence-electron chi connectivity index (χ2n) is 9.04. The molecular weight excluding hydrogens is 407 g/mol. The number of amides is 1. The van der Waals surface area contributed by atoms with Crippen molar-refractivity contribution in [2.75, 3.05) is 13.1 Å². The maximum atomic E-state index is 13.2. The normalized spacial score (nSPS) is 17.7. The van der Waals surface area contributed by atoms with Gasteiger partial charge in [-0.2, -0.15) is 5.10 Å². The van der Waals surface area contributed by atoms with Gasteiger partial charge in [0.15, 0.2) is 0 Å². The number of halogens is 1. The Kier molecular flexibility index (Phi) is 5.41. The largest absolute Gasteiger partial charge is 0.346 e. The lowest BCUT2D eigenvalue weighted by Crippen LogP contribution is -2.43. The minimum Gasteiger partial charge on any atom is -0.339 e. The Morgan fingerprint density at radius 3 is 2.34 bits per heavy atom. The number of aromatic nitrogens is 3. The van der Waals surface area contributed by atoms with Gasteiger partial charge in [0, 0.05) is 31.6 Å². The Bertz CT molecular complexity index is 1160. The number of hydrogen-bond acceptors (Lipinski definition) is 3. The number of carbonyl (C=O) groups is 1. The zero-order chi connectivity index (χ0) is 22.1. The van der Waals surface area contributed by atoms with E-state index in [1.54, 1.807) is 16.8 Å². The molecular formula is C25H27FN4O2. The van der Waals surface area contributed by atoms with E-state index in [1.165, 1.54) is 12.1 Å². The van der Waals surface area contributed by atoms with Gasteiger partial charge in [0.05, 0.1) is 6.54 Å². The molecule has 0 unspecified atom stereocenters. The summed E-state index contributed by atoms with van der Waals surface area (Å²) in [6, 6.07) is 15.7. The summed E-state index contributed by atoms with van der Waals surface area (Å²) >= 11 is 0. The molecule has 7 heteroatoms. The zero-order valence-electron chi connectivity index (χ0n) is 18.0. The summed E-state index contributed by atoms with van der Waals surface area (Å²) in [5.74, 6) is 0.496. The van der Waals surface area contributed by atoms with E-state index in [4.69, 9.17) is 0 Å². The molecule has 1 amide bonds. The van der Waals surface area contributed by atoms with Crippen molar-refractivity contribution >= 4 is 5.91 Å². The molecule has 1 fully saturated rings. The molecule has 5 rings (SSSR count). The van der Waals surface area contributed by atoms with Gasteiger partial charge < -0.3 is 4.90 Å². The predicted molar refractivity (Wildman–Crippen MR) is 119 cm³/mol. The van der Waals surface area contributed by atoms with Gasteiger partial charge in [-0.25, -0.2) is 13.9 Å². The van der Waals surface area contributed by atoms with Gasteiger partial charge in [0.2, 0.25) is 0 Å². The summed E-state index contributed by atoms with van der Waals surface area (Å²) in [4.78, 5) is 27.6. The van der Waals surface area contributed by atoms with Crippen LogP contribution in [0.25, 0.3) is 0 Å². The van der Waals surface area contributed by atoms with Crippen LogP contribution in [0.15, 0.2) is 59.4 Å². The van der Waals surface area contributed by atoms with Crippen molar-refractivity contribution in [3.05, 3.63) is 87.9 Å².